The van der Waals surface area contributed by atoms with E-state index in [0.717, 1.165) is 6.26 Å². The third-order valence-corrected chi connectivity index (χ3v) is 3.06. The zero-order valence-electron chi connectivity index (χ0n) is 8.75. The van der Waals surface area contributed by atoms with E-state index in [1.54, 1.807) is 0 Å². The van der Waals surface area contributed by atoms with Crippen LogP contribution in [-0.2, 0) is 15.6 Å². The molecular formula is C8H13N3O4S. The number of hydrogen-bond acceptors (Lipinski definition) is 7. The van der Waals surface area contributed by atoms with Gasteiger partial charge in [0, 0.05) is 12.8 Å². The summed E-state index contributed by atoms with van der Waals surface area (Å²) in [6, 6.07) is -0.184. The molecule has 8 heteroatoms. The first-order chi connectivity index (χ1) is 7.44. The molecule has 2 rings (SSSR count). The first-order valence-electron chi connectivity index (χ1n) is 4.86. The van der Waals surface area contributed by atoms with E-state index in [9.17, 15) is 13.5 Å². The zero-order valence-corrected chi connectivity index (χ0v) is 9.57. The Morgan fingerprint density at radius 2 is 2.38 bits per heavy atom. The van der Waals surface area contributed by atoms with Gasteiger partial charge in [0.15, 0.2) is 15.7 Å². The standard InChI is InChI=1S/C8H13N3O4S/c1-16(13,14)4-7-10-8(15-11-7)6-2-5(12)3-9-6/h5-6,9,12H,2-4H2,1H3/t5-,6+/m1/s1. The number of hydrogen-bond donors (Lipinski definition) is 2. The van der Waals surface area contributed by atoms with Gasteiger partial charge in [0.25, 0.3) is 0 Å². The van der Waals surface area contributed by atoms with Crippen LogP contribution < -0.4 is 5.32 Å². The first-order valence-corrected chi connectivity index (χ1v) is 6.92. The Morgan fingerprint density at radius 3 is 2.94 bits per heavy atom. The van der Waals surface area contributed by atoms with E-state index in [2.05, 4.69) is 15.5 Å². The minimum atomic E-state index is -3.15. The number of β-amino-alcohol motifs (C(OH)–C–C–N with tert-alkyl or cyclic N) is 1. The molecule has 1 saturated heterocycles. The van der Waals surface area contributed by atoms with Crippen molar-refractivity contribution < 1.29 is 18.0 Å². The average Bonchev–Trinajstić information content (AvgIpc) is 2.71. The molecule has 2 heterocycles. The molecule has 1 aromatic rings. The Morgan fingerprint density at radius 1 is 1.62 bits per heavy atom. The fourth-order valence-corrected chi connectivity index (χ4v) is 2.19. The lowest BCUT2D eigenvalue weighted by Gasteiger charge is -2.01. The van der Waals surface area contributed by atoms with E-state index < -0.39 is 15.9 Å². The fourth-order valence-electron chi connectivity index (χ4n) is 1.61. The summed E-state index contributed by atoms with van der Waals surface area (Å²) in [4.78, 5) is 3.98. The van der Waals surface area contributed by atoms with E-state index >= 15 is 0 Å². The van der Waals surface area contributed by atoms with Gasteiger partial charge in [0.2, 0.25) is 5.89 Å². The molecule has 0 aromatic carbocycles. The second-order valence-electron chi connectivity index (χ2n) is 3.97. The third kappa shape index (κ3) is 2.77. The maximum atomic E-state index is 11.0. The van der Waals surface area contributed by atoms with Crippen LogP contribution in [-0.4, -0.2) is 42.6 Å². The average molecular weight is 247 g/mol. The molecule has 0 unspecified atom stereocenters. The van der Waals surface area contributed by atoms with Crippen molar-refractivity contribution in [3.8, 4) is 0 Å². The molecule has 0 spiro atoms. The number of aliphatic hydroxyl groups is 1. The Bertz CT molecular complexity index is 469. The van der Waals surface area contributed by atoms with Crippen LogP contribution in [0.5, 0.6) is 0 Å². The van der Waals surface area contributed by atoms with Gasteiger partial charge < -0.3 is 14.9 Å². The highest BCUT2D eigenvalue weighted by Crippen LogP contribution is 2.21. The van der Waals surface area contributed by atoms with Gasteiger partial charge in [-0.1, -0.05) is 5.16 Å². The molecule has 1 aliphatic heterocycles. The van der Waals surface area contributed by atoms with Crippen molar-refractivity contribution in [1.29, 1.82) is 0 Å². The van der Waals surface area contributed by atoms with Gasteiger partial charge in [0.05, 0.1) is 12.1 Å². The molecule has 0 saturated carbocycles. The molecule has 2 atom stereocenters. The van der Waals surface area contributed by atoms with Crippen molar-refractivity contribution in [3.05, 3.63) is 11.7 Å². The number of nitrogens with zero attached hydrogens (tertiary/aromatic N) is 2. The van der Waals surface area contributed by atoms with E-state index in [-0.39, 0.29) is 17.6 Å². The summed E-state index contributed by atoms with van der Waals surface area (Å²) in [5.74, 6) is 0.252. The highest BCUT2D eigenvalue weighted by Gasteiger charge is 2.28. The number of nitrogens with one attached hydrogen (secondary N) is 1. The summed E-state index contributed by atoms with van der Waals surface area (Å²) >= 11 is 0. The second-order valence-corrected chi connectivity index (χ2v) is 6.11. The third-order valence-electron chi connectivity index (χ3n) is 2.28. The van der Waals surface area contributed by atoms with Gasteiger partial charge in [-0.3, -0.25) is 0 Å². The van der Waals surface area contributed by atoms with Gasteiger partial charge in [-0.2, -0.15) is 4.98 Å². The number of sulfone groups is 1. The van der Waals surface area contributed by atoms with Gasteiger partial charge in [-0.05, 0) is 6.42 Å². The van der Waals surface area contributed by atoms with E-state index in [1.807, 2.05) is 0 Å². The molecule has 0 aliphatic carbocycles. The van der Waals surface area contributed by atoms with Crippen molar-refractivity contribution in [3.63, 3.8) is 0 Å². The Balaban J connectivity index is 2.08. The van der Waals surface area contributed by atoms with Crippen LogP contribution in [0.4, 0.5) is 0 Å². The lowest BCUT2D eigenvalue weighted by Crippen LogP contribution is -2.15. The van der Waals surface area contributed by atoms with Crippen molar-refractivity contribution in [1.82, 2.24) is 15.5 Å². The smallest absolute Gasteiger partial charge is 0.243 e. The van der Waals surface area contributed by atoms with Crippen LogP contribution in [0.15, 0.2) is 4.52 Å². The lowest BCUT2D eigenvalue weighted by molar-refractivity contribution is 0.191. The van der Waals surface area contributed by atoms with Gasteiger partial charge in [0.1, 0.15) is 5.75 Å². The fraction of sp³-hybridized carbons (Fsp3) is 0.750. The summed E-state index contributed by atoms with van der Waals surface area (Å²) in [7, 11) is -3.15. The van der Waals surface area contributed by atoms with Crippen LogP contribution in [0.1, 0.15) is 24.2 Å². The van der Waals surface area contributed by atoms with E-state index in [4.69, 9.17) is 4.52 Å². The minimum absolute atomic E-state index is 0.153. The highest BCUT2D eigenvalue weighted by molar-refractivity contribution is 7.89. The summed E-state index contributed by atoms with van der Waals surface area (Å²) in [6.45, 7) is 0.481. The summed E-state index contributed by atoms with van der Waals surface area (Å²) in [6.07, 6.45) is 1.19. The molecular weight excluding hydrogens is 234 g/mol. The van der Waals surface area contributed by atoms with Crippen LogP contribution in [0, 0.1) is 0 Å². The predicted octanol–water partition coefficient (Wildman–Crippen LogP) is -0.990. The predicted molar refractivity (Wildman–Crippen MR) is 54.2 cm³/mol. The molecule has 1 fully saturated rings. The first kappa shape index (κ1) is 11.5. The van der Waals surface area contributed by atoms with E-state index in [1.165, 1.54) is 0 Å². The second kappa shape index (κ2) is 4.11. The van der Waals surface area contributed by atoms with Crippen LogP contribution >= 0.6 is 0 Å². The topological polar surface area (TPSA) is 105 Å². The van der Waals surface area contributed by atoms with Gasteiger partial charge in [-0.25, -0.2) is 8.42 Å². The molecule has 90 valence electrons. The molecule has 1 aliphatic rings. The van der Waals surface area contributed by atoms with Gasteiger partial charge in [-0.15, -0.1) is 0 Å². The summed E-state index contributed by atoms with van der Waals surface area (Å²) in [5, 5.41) is 15.9. The Hall–Kier alpha value is -0.990. The SMILES string of the molecule is CS(=O)(=O)Cc1noc([C@@H]2C[C@@H](O)CN2)n1. The van der Waals surface area contributed by atoms with Crippen molar-refractivity contribution in [2.75, 3.05) is 12.8 Å². The van der Waals surface area contributed by atoms with Crippen molar-refractivity contribution >= 4 is 9.84 Å². The normalized spacial score (nSPS) is 26.1. The van der Waals surface area contributed by atoms with E-state index in [0.29, 0.717) is 18.9 Å². The van der Waals surface area contributed by atoms with Gasteiger partial charge >= 0.3 is 0 Å². The highest BCUT2D eigenvalue weighted by atomic mass is 32.2. The molecule has 7 nitrogen and oxygen atoms in total. The van der Waals surface area contributed by atoms with Crippen LogP contribution in [0.2, 0.25) is 0 Å². The van der Waals surface area contributed by atoms with Crippen molar-refractivity contribution in [2.24, 2.45) is 0 Å². The quantitative estimate of drug-likeness (QED) is 0.706. The van der Waals surface area contributed by atoms with Crippen molar-refractivity contribution in [2.45, 2.75) is 24.3 Å². The molecule has 1 aromatic heterocycles. The summed E-state index contributed by atoms with van der Waals surface area (Å²) < 4.78 is 27.0. The molecule has 0 amide bonds. The Kier molecular flexibility index (Phi) is 2.96. The monoisotopic (exact) mass is 247 g/mol. The maximum absolute atomic E-state index is 11.0. The summed E-state index contributed by atoms with van der Waals surface area (Å²) in [5.41, 5.74) is 0. The van der Waals surface area contributed by atoms with Crippen LogP contribution in [0.3, 0.4) is 0 Å². The molecule has 0 bridgehead atoms. The maximum Gasteiger partial charge on any atom is 0.243 e. The zero-order chi connectivity index (χ0) is 11.8. The molecule has 16 heavy (non-hydrogen) atoms. The molecule has 0 radical (unpaired) electrons. The Labute approximate surface area is 92.8 Å². The van der Waals surface area contributed by atoms with Crippen LogP contribution in [0.25, 0.3) is 0 Å². The number of rotatable bonds is 3. The lowest BCUT2D eigenvalue weighted by atomic mass is 10.2. The largest absolute Gasteiger partial charge is 0.392 e. The number of aromatic nitrogens is 2. The minimum Gasteiger partial charge on any atom is -0.392 e. The molecule has 2 N–H and O–H groups in total. The number of aliphatic hydroxyl groups excluding tert-OH is 1.